The number of ether oxygens (including phenoxy) is 2. The van der Waals surface area contributed by atoms with E-state index in [1.807, 2.05) is 20.8 Å². The van der Waals surface area contributed by atoms with Crippen molar-refractivity contribution in [2.24, 2.45) is 0 Å². The van der Waals surface area contributed by atoms with Crippen molar-refractivity contribution in [3.8, 4) is 0 Å². The summed E-state index contributed by atoms with van der Waals surface area (Å²) in [6.07, 6.45) is 0.358. The Morgan fingerprint density at radius 1 is 1.25 bits per heavy atom. The number of hydrogen-bond acceptors (Lipinski definition) is 5. The summed E-state index contributed by atoms with van der Waals surface area (Å²) >= 11 is 0. The fourth-order valence-corrected chi connectivity index (χ4v) is 1.02. The zero-order valence-electron chi connectivity index (χ0n) is 10.4. The average Bonchev–Trinajstić information content (AvgIpc) is 2.13. The molecule has 5 nitrogen and oxygen atoms in total. The molecular weight excluding hydrogens is 210 g/mol. The summed E-state index contributed by atoms with van der Waals surface area (Å²) in [5.41, 5.74) is -0.415. The molecule has 0 aromatic heterocycles. The van der Waals surface area contributed by atoms with Gasteiger partial charge in [0, 0.05) is 13.1 Å². The van der Waals surface area contributed by atoms with Crippen LogP contribution in [0.25, 0.3) is 0 Å². The molecule has 16 heavy (non-hydrogen) atoms. The quantitative estimate of drug-likeness (QED) is 0.467. The van der Waals surface area contributed by atoms with E-state index in [9.17, 15) is 4.79 Å². The maximum Gasteiger partial charge on any atom is 0.307 e. The van der Waals surface area contributed by atoms with E-state index in [0.29, 0.717) is 32.7 Å². The Balaban J connectivity index is 3.28. The van der Waals surface area contributed by atoms with Gasteiger partial charge in [-0.15, -0.1) is 0 Å². The van der Waals surface area contributed by atoms with Crippen molar-refractivity contribution in [3.63, 3.8) is 0 Å². The highest BCUT2D eigenvalue weighted by Gasteiger charge is 2.15. The molecule has 0 heterocycles. The maximum absolute atomic E-state index is 11.3. The second-order valence-corrected chi connectivity index (χ2v) is 4.42. The summed E-state index contributed by atoms with van der Waals surface area (Å²) in [6.45, 7) is 7.73. The topological polar surface area (TPSA) is 67.8 Å². The third-order valence-corrected chi connectivity index (χ3v) is 1.58. The first-order valence-electron chi connectivity index (χ1n) is 5.57. The van der Waals surface area contributed by atoms with Crippen LogP contribution in [0.3, 0.4) is 0 Å². The molecule has 0 aliphatic rings. The van der Waals surface area contributed by atoms with Crippen molar-refractivity contribution in [1.82, 2.24) is 5.32 Å². The first kappa shape index (κ1) is 15.3. The zero-order valence-corrected chi connectivity index (χ0v) is 10.4. The molecule has 0 atom stereocenters. The minimum atomic E-state index is -0.415. The Morgan fingerprint density at radius 3 is 2.50 bits per heavy atom. The van der Waals surface area contributed by atoms with Crippen LogP contribution in [0.1, 0.15) is 27.2 Å². The SMILES string of the molecule is CC(C)(C)OC(=O)CCNCCOCCO. The van der Waals surface area contributed by atoms with Crippen LogP contribution in [0.5, 0.6) is 0 Å². The molecule has 0 aromatic rings. The molecule has 0 saturated carbocycles. The van der Waals surface area contributed by atoms with Gasteiger partial charge in [0.15, 0.2) is 0 Å². The van der Waals surface area contributed by atoms with Gasteiger partial charge in [0.05, 0.1) is 26.2 Å². The summed E-state index contributed by atoms with van der Waals surface area (Å²) in [6, 6.07) is 0. The van der Waals surface area contributed by atoms with Crippen molar-refractivity contribution in [3.05, 3.63) is 0 Å². The van der Waals surface area contributed by atoms with Crippen molar-refractivity contribution in [1.29, 1.82) is 0 Å². The van der Waals surface area contributed by atoms with Gasteiger partial charge >= 0.3 is 5.97 Å². The lowest BCUT2D eigenvalue weighted by atomic mass is 10.2. The molecule has 0 unspecified atom stereocenters. The maximum atomic E-state index is 11.3. The van der Waals surface area contributed by atoms with Gasteiger partial charge in [-0.05, 0) is 20.8 Å². The predicted molar refractivity (Wildman–Crippen MR) is 61.2 cm³/mol. The van der Waals surface area contributed by atoms with Crippen LogP contribution >= 0.6 is 0 Å². The molecule has 0 aliphatic heterocycles. The van der Waals surface area contributed by atoms with Crippen molar-refractivity contribution < 1.29 is 19.4 Å². The summed E-state index contributed by atoms with van der Waals surface area (Å²) in [5.74, 6) is -0.198. The van der Waals surface area contributed by atoms with Crippen molar-refractivity contribution in [2.75, 3.05) is 32.9 Å². The summed E-state index contributed by atoms with van der Waals surface area (Å²) in [7, 11) is 0. The number of esters is 1. The van der Waals surface area contributed by atoms with E-state index in [1.165, 1.54) is 0 Å². The molecule has 0 rings (SSSR count). The van der Waals surface area contributed by atoms with E-state index >= 15 is 0 Å². The van der Waals surface area contributed by atoms with E-state index in [0.717, 1.165) is 0 Å². The number of hydrogen-bond donors (Lipinski definition) is 2. The fourth-order valence-electron chi connectivity index (χ4n) is 1.02. The van der Waals surface area contributed by atoms with Gasteiger partial charge in [-0.1, -0.05) is 0 Å². The Bertz CT molecular complexity index is 189. The molecule has 0 bridgehead atoms. The van der Waals surface area contributed by atoms with Crippen LogP contribution < -0.4 is 5.32 Å². The molecule has 96 valence electrons. The van der Waals surface area contributed by atoms with E-state index in [1.54, 1.807) is 0 Å². The largest absolute Gasteiger partial charge is 0.460 e. The average molecular weight is 233 g/mol. The van der Waals surface area contributed by atoms with Gasteiger partial charge < -0.3 is 19.9 Å². The molecule has 0 amide bonds. The number of carbonyl (C=O) groups excluding carboxylic acids is 1. The molecule has 0 radical (unpaired) electrons. The Hall–Kier alpha value is -0.650. The number of nitrogens with one attached hydrogen (secondary N) is 1. The summed E-state index contributed by atoms with van der Waals surface area (Å²) < 4.78 is 10.2. The van der Waals surface area contributed by atoms with E-state index in [-0.39, 0.29) is 12.6 Å². The lowest BCUT2D eigenvalue weighted by Gasteiger charge is -2.19. The highest BCUT2D eigenvalue weighted by atomic mass is 16.6. The van der Waals surface area contributed by atoms with E-state index in [4.69, 9.17) is 14.6 Å². The highest BCUT2D eigenvalue weighted by Crippen LogP contribution is 2.07. The van der Waals surface area contributed by atoms with E-state index < -0.39 is 5.60 Å². The molecule has 0 spiro atoms. The number of carbonyl (C=O) groups is 1. The molecule has 0 saturated heterocycles. The smallest absolute Gasteiger partial charge is 0.307 e. The first-order chi connectivity index (χ1) is 7.45. The van der Waals surface area contributed by atoms with Crippen LogP contribution in [0.2, 0.25) is 0 Å². The molecule has 0 aliphatic carbocycles. The second-order valence-electron chi connectivity index (χ2n) is 4.42. The van der Waals surface area contributed by atoms with Crippen LogP contribution in [0, 0.1) is 0 Å². The molecule has 2 N–H and O–H groups in total. The summed E-state index contributed by atoms with van der Waals surface area (Å²) in [4.78, 5) is 11.3. The molecular formula is C11H23NO4. The lowest BCUT2D eigenvalue weighted by molar-refractivity contribution is -0.154. The van der Waals surface area contributed by atoms with Crippen molar-refractivity contribution >= 4 is 5.97 Å². The standard InChI is InChI=1S/C11H23NO4/c1-11(2,3)16-10(14)4-5-12-6-8-15-9-7-13/h12-13H,4-9H2,1-3H3. The van der Waals surface area contributed by atoms with E-state index in [2.05, 4.69) is 5.32 Å². The minimum absolute atomic E-state index is 0.0396. The second kappa shape index (κ2) is 8.50. The minimum Gasteiger partial charge on any atom is -0.460 e. The number of aliphatic hydroxyl groups excluding tert-OH is 1. The normalized spacial score (nSPS) is 11.5. The third kappa shape index (κ3) is 11.4. The van der Waals surface area contributed by atoms with Gasteiger partial charge in [-0.25, -0.2) is 0 Å². The molecule has 5 heteroatoms. The van der Waals surface area contributed by atoms with Crippen LogP contribution in [0.15, 0.2) is 0 Å². The Morgan fingerprint density at radius 2 is 1.94 bits per heavy atom. The highest BCUT2D eigenvalue weighted by molar-refractivity contribution is 5.70. The first-order valence-corrected chi connectivity index (χ1v) is 5.57. The number of aliphatic hydroxyl groups is 1. The summed E-state index contributed by atoms with van der Waals surface area (Å²) in [5, 5.41) is 11.5. The van der Waals surface area contributed by atoms with Gasteiger partial charge in [-0.3, -0.25) is 4.79 Å². The Labute approximate surface area is 97.1 Å². The van der Waals surface area contributed by atoms with Gasteiger partial charge in [0.25, 0.3) is 0 Å². The Kier molecular flexibility index (Phi) is 8.15. The number of rotatable bonds is 8. The van der Waals surface area contributed by atoms with Gasteiger partial charge in [0.2, 0.25) is 0 Å². The van der Waals surface area contributed by atoms with Crippen LogP contribution in [0.4, 0.5) is 0 Å². The van der Waals surface area contributed by atoms with Crippen LogP contribution in [-0.4, -0.2) is 49.6 Å². The van der Waals surface area contributed by atoms with Crippen LogP contribution in [-0.2, 0) is 14.3 Å². The fraction of sp³-hybridized carbons (Fsp3) is 0.909. The zero-order chi connectivity index (χ0) is 12.4. The third-order valence-electron chi connectivity index (χ3n) is 1.58. The molecule has 0 fully saturated rings. The van der Waals surface area contributed by atoms with Gasteiger partial charge in [-0.2, -0.15) is 0 Å². The van der Waals surface area contributed by atoms with Crippen molar-refractivity contribution in [2.45, 2.75) is 32.8 Å². The lowest BCUT2D eigenvalue weighted by Crippen LogP contribution is -2.28. The molecule has 0 aromatic carbocycles. The monoisotopic (exact) mass is 233 g/mol. The predicted octanol–water partition coefficient (Wildman–Crippen LogP) is 0.317. The van der Waals surface area contributed by atoms with Gasteiger partial charge in [0.1, 0.15) is 5.60 Å².